The van der Waals surface area contributed by atoms with Crippen LogP contribution in [-0.2, 0) is 19.1 Å². The van der Waals surface area contributed by atoms with Crippen molar-refractivity contribution in [2.24, 2.45) is 0 Å². The van der Waals surface area contributed by atoms with Crippen LogP contribution in [0.1, 0.15) is 12.8 Å². The molecule has 1 saturated carbocycles. The summed E-state index contributed by atoms with van der Waals surface area (Å²) in [4.78, 5) is 36.6. The first-order chi connectivity index (χ1) is 13.0. The molecule has 142 valence electrons. The molecule has 0 aliphatic heterocycles. The first-order valence-electron chi connectivity index (χ1n) is 8.82. The van der Waals surface area contributed by atoms with E-state index < -0.39 is 18.5 Å². The van der Waals surface area contributed by atoms with Crippen LogP contribution in [-0.4, -0.2) is 55.5 Å². The van der Waals surface area contributed by atoms with E-state index >= 15 is 0 Å². The lowest BCUT2D eigenvalue weighted by Gasteiger charge is -2.16. The maximum absolute atomic E-state index is 11.9. The van der Waals surface area contributed by atoms with Gasteiger partial charge in [0.05, 0.1) is 6.54 Å². The molecule has 0 bridgehead atoms. The fraction of sp³-hybridized carbons (Fsp3) is 0.350. The molecule has 0 radical (unpaired) electrons. The van der Waals surface area contributed by atoms with Crippen LogP contribution in [0.25, 0.3) is 10.8 Å². The number of nitrogens with one attached hydrogen (secondary N) is 1. The van der Waals surface area contributed by atoms with Crippen molar-refractivity contribution in [3.63, 3.8) is 0 Å². The summed E-state index contributed by atoms with van der Waals surface area (Å²) in [6.45, 7) is -0.773. The average Bonchev–Trinajstić information content (AvgIpc) is 3.47. The van der Waals surface area contributed by atoms with Gasteiger partial charge in [-0.05, 0) is 35.7 Å². The van der Waals surface area contributed by atoms with Crippen molar-refractivity contribution in [3.05, 3.63) is 42.5 Å². The number of hydrogen-bond acceptors (Lipinski definition) is 5. The van der Waals surface area contributed by atoms with E-state index in [1.54, 1.807) is 6.07 Å². The van der Waals surface area contributed by atoms with E-state index in [1.807, 2.05) is 36.4 Å². The highest BCUT2D eigenvalue weighted by atomic mass is 16.6. The molecule has 2 aromatic carbocycles. The Balaban J connectivity index is 1.39. The first-order valence-corrected chi connectivity index (χ1v) is 8.82. The van der Waals surface area contributed by atoms with E-state index in [0.29, 0.717) is 5.75 Å². The largest absolute Gasteiger partial charge is 0.482 e. The molecule has 0 atom stereocenters. The van der Waals surface area contributed by atoms with Crippen LogP contribution in [0, 0.1) is 0 Å². The molecule has 0 aromatic heterocycles. The van der Waals surface area contributed by atoms with Gasteiger partial charge in [-0.25, -0.2) is 4.79 Å². The predicted octanol–water partition coefficient (Wildman–Crippen LogP) is 1.50. The Morgan fingerprint density at radius 2 is 1.81 bits per heavy atom. The highest BCUT2D eigenvalue weighted by Gasteiger charge is 2.24. The first kappa shape index (κ1) is 18.7. The normalized spacial score (nSPS) is 13.1. The van der Waals surface area contributed by atoms with Crippen molar-refractivity contribution in [1.82, 2.24) is 10.2 Å². The summed E-state index contributed by atoms with van der Waals surface area (Å²) in [7, 11) is 1.49. The molecule has 7 heteroatoms. The number of carbonyl (C=O) groups is 3. The number of hydrogen-bond donors (Lipinski definition) is 1. The van der Waals surface area contributed by atoms with Gasteiger partial charge in [-0.15, -0.1) is 0 Å². The minimum Gasteiger partial charge on any atom is -0.482 e. The maximum atomic E-state index is 11.9. The second kappa shape index (κ2) is 8.53. The molecular formula is C20H22N2O5. The lowest BCUT2D eigenvalue weighted by Crippen LogP contribution is -2.40. The van der Waals surface area contributed by atoms with Crippen LogP contribution in [0.5, 0.6) is 5.75 Å². The van der Waals surface area contributed by atoms with Crippen molar-refractivity contribution in [2.75, 3.05) is 26.8 Å². The van der Waals surface area contributed by atoms with E-state index in [9.17, 15) is 14.4 Å². The number of fused-ring (bicyclic) bond motifs is 1. The van der Waals surface area contributed by atoms with Gasteiger partial charge in [-0.3, -0.25) is 9.59 Å². The molecule has 27 heavy (non-hydrogen) atoms. The van der Waals surface area contributed by atoms with E-state index in [2.05, 4.69) is 5.32 Å². The highest BCUT2D eigenvalue weighted by molar-refractivity contribution is 5.86. The zero-order valence-electron chi connectivity index (χ0n) is 15.1. The second-order valence-corrected chi connectivity index (χ2v) is 6.55. The highest BCUT2D eigenvalue weighted by Crippen LogP contribution is 2.20. The summed E-state index contributed by atoms with van der Waals surface area (Å²) in [6.07, 6.45) is 1.97. The zero-order chi connectivity index (χ0) is 19.2. The van der Waals surface area contributed by atoms with Gasteiger partial charge in [0.15, 0.2) is 13.2 Å². The zero-order valence-corrected chi connectivity index (χ0v) is 15.1. The maximum Gasteiger partial charge on any atom is 0.344 e. The molecule has 1 fully saturated rings. The Morgan fingerprint density at radius 3 is 2.56 bits per heavy atom. The van der Waals surface area contributed by atoms with Crippen LogP contribution in [0.3, 0.4) is 0 Å². The van der Waals surface area contributed by atoms with Crippen LogP contribution < -0.4 is 10.1 Å². The van der Waals surface area contributed by atoms with Gasteiger partial charge < -0.3 is 19.7 Å². The number of rotatable bonds is 8. The third-order valence-corrected chi connectivity index (χ3v) is 4.18. The fourth-order valence-corrected chi connectivity index (χ4v) is 2.50. The van der Waals surface area contributed by atoms with Crippen LogP contribution in [0.2, 0.25) is 0 Å². The van der Waals surface area contributed by atoms with Crippen molar-refractivity contribution in [3.8, 4) is 5.75 Å². The summed E-state index contributed by atoms with van der Waals surface area (Å²) in [5.41, 5.74) is 0. The molecule has 0 heterocycles. The van der Waals surface area contributed by atoms with Gasteiger partial charge in [0.25, 0.3) is 5.91 Å². The van der Waals surface area contributed by atoms with Crippen molar-refractivity contribution in [1.29, 1.82) is 0 Å². The predicted molar refractivity (Wildman–Crippen MR) is 99.2 cm³/mol. The summed E-state index contributed by atoms with van der Waals surface area (Å²) in [5.74, 6) is -0.752. The van der Waals surface area contributed by atoms with Crippen LogP contribution in [0.4, 0.5) is 0 Å². The van der Waals surface area contributed by atoms with Gasteiger partial charge in [0.1, 0.15) is 5.75 Å². The van der Waals surface area contributed by atoms with Gasteiger partial charge in [-0.2, -0.15) is 0 Å². The van der Waals surface area contributed by atoms with Gasteiger partial charge >= 0.3 is 5.97 Å². The number of ether oxygens (including phenoxy) is 2. The lowest BCUT2D eigenvalue weighted by atomic mass is 10.1. The fourth-order valence-electron chi connectivity index (χ4n) is 2.50. The number of carbonyl (C=O) groups excluding carboxylic acids is 3. The Morgan fingerprint density at radius 1 is 1.07 bits per heavy atom. The Hall–Kier alpha value is -3.09. The Kier molecular flexibility index (Phi) is 5.90. The molecule has 3 rings (SSSR count). The number of nitrogens with zero attached hydrogens (tertiary/aromatic N) is 1. The summed E-state index contributed by atoms with van der Waals surface area (Å²) >= 11 is 0. The lowest BCUT2D eigenvalue weighted by molar-refractivity contribution is -0.153. The molecule has 0 spiro atoms. The molecule has 1 aliphatic carbocycles. The van der Waals surface area contributed by atoms with Crippen LogP contribution >= 0.6 is 0 Å². The Bertz CT molecular complexity index is 847. The minimum absolute atomic E-state index is 0.0551. The number of benzene rings is 2. The second-order valence-electron chi connectivity index (χ2n) is 6.55. The van der Waals surface area contributed by atoms with Crippen molar-refractivity contribution in [2.45, 2.75) is 18.9 Å². The van der Waals surface area contributed by atoms with E-state index in [0.717, 1.165) is 23.6 Å². The van der Waals surface area contributed by atoms with E-state index in [-0.39, 0.29) is 25.1 Å². The third-order valence-electron chi connectivity index (χ3n) is 4.18. The molecule has 1 aliphatic rings. The smallest absolute Gasteiger partial charge is 0.344 e. The van der Waals surface area contributed by atoms with Crippen molar-refractivity contribution >= 4 is 28.6 Å². The molecule has 0 unspecified atom stereocenters. The van der Waals surface area contributed by atoms with Crippen LogP contribution in [0.15, 0.2) is 42.5 Å². The summed E-state index contributed by atoms with van der Waals surface area (Å²) < 4.78 is 10.3. The number of likely N-dealkylation sites (N-methyl/N-ethyl adjacent to an activating group) is 1. The quantitative estimate of drug-likeness (QED) is 0.712. The number of esters is 1. The number of amides is 2. The van der Waals surface area contributed by atoms with Crippen molar-refractivity contribution < 1.29 is 23.9 Å². The van der Waals surface area contributed by atoms with Gasteiger partial charge in [0.2, 0.25) is 5.91 Å². The topological polar surface area (TPSA) is 84.9 Å². The minimum atomic E-state index is -0.646. The molecule has 7 nitrogen and oxygen atoms in total. The third kappa shape index (κ3) is 5.70. The molecule has 1 N–H and O–H groups in total. The standard InChI is InChI=1S/C20H22N2O5/c1-22(11-18(23)21-16-7-8-16)19(24)12-27-20(25)13-26-17-9-6-14-4-2-3-5-15(14)10-17/h2-6,9-10,16H,7-8,11-13H2,1H3,(H,21,23). The average molecular weight is 370 g/mol. The molecular weight excluding hydrogens is 348 g/mol. The van der Waals surface area contributed by atoms with E-state index in [1.165, 1.54) is 11.9 Å². The SMILES string of the molecule is CN(CC(=O)NC1CC1)C(=O)COC(=O)COc1ccc2ccccc2c1. The molecule has 0 saturated heterocycles. The van der Waals surface area contributed by atoms with Gasteiger partial charge in [-0.1, -0.05) is 30.3 Å². The monoisotopic (exact) mass is 370 g/mol. The van der Waals surface area contributed by atoms with E-state index in [4.69, 9.17) is 9.47 Å². The summed E-state index contributed by atoms with van der Waals surface area (Å²) in [6, 6.07) is 13.6. The molecule has 2 amide bonds. The summed E-state index contributed by atoms with van der Waals surface area (Å²) in [5, 5.41) is 4.88. The Labute approximate surface area is 157 Å². The molecule has 2 aromatic rings. The van der Waals surface area contributed by atoms with Gasteiger partial charge in [0, 0.05) is 13.1 Å².